The molecule has 0 unspecified atom stereocenters. The summed E-state index contributed by atoms with van der Waals surface area (Å²) in [5.74, 6) is -0.110. The zero-order valence-corrected chi connectivity index (χ0v) is 20.7. The standard InChI is InChI=1S/C24H20ClF3N8O3/c1-2-30-22(38)17-7-16(37)23(39-17)36-11-33-18-20(32-10-15-6-13(3-4-31-15)24(26,27)28)34-19(35-21(18)36)12-5-14(25)9-29-8-12/h2-6,8-9,11,16-17,23,37H,1,7,10H2,(H,30,38)(H,32,34,35)/t16-,17+,23-/m1/s1. The number of pyridine rings is 2. The van der Waals surface area contributed by atoms with Crippen LogP contribution in [0.4, 0.5) is 19.0 Å². The van der Waals surface area contributed by atoms with Crippen molar-refractivity contribution in [2.45, 2.75) is 37.6 Å². The number of carbonyl (C=O) groups excluding carboxylic acids is 1. The summed E-state index contributed by atoms with van der Waals surface area (Å²) in [6.45, 7) is 3.34. The van der Waals surface area contributed by atoms with Crippen molar-refractivity contribution in [3.8, 4) is 11.4 Å². The van der Waals surface area contributed by atoms with Gasteiger partial charge in [0.2, 0.25) is 0 Å². The first kappa shape index (κ1) is 26.5. The minimum atomic E-state index is -4.52. The number of nitrogens with zero attached hydrogens (tertiary/aromatic N) is 6. The van der Waals surface area contributed by atoms with Gasteiger partial charge in [-0.25, -0.2) is 15.0 Å². The van der Waals surface area contributed by atoms with Crippen molar-refractivity contribution in [2.75, 3.05) is 5.32 Å². The molecular formula is C24H20ClF3N8O3. The van der Waals surface area contributed by atoms with Crippen LogP contribution in [0.1, 0.15) is 23.9 Å². The molecule has 1 amide bonds. The second-order valence-corrected chi connectivity index (χ2v) is 8.97. The average molecular weight is 561 g/mol. The lowest BCUT2D eigenvalue weighted by Gasteiger charge is -2.17. The third-order valence-electron chi connectivity index (χ3n) is 5.86. The Labute approximate surface area is 223 Å². The van der Waals surface area contributed by atoms with Gasteiger partial charge < -0.3 is 20.5 Å². The van der Waals surface area contributed by atoms with Crippen LogP contribution in [0.5, 0.6) is 0 Å². The highest BCUT2D eigenvalue weighted by Gasteiger charge is 2.40. The molecule has 0 spiro atoms. The minimum absolute atomic E-state index is 0.0203. The Morgan fingerprint density at radius 1 is 1.28 bits per heavy atom. The molecule has 39 heavy (non-hydrogen) atoms. The van der Waals surface area contributed by atoms with E-state index in [0.717, 1.165) is 18.3 Å². The van der Waals surface area contributed by atoms with Crippen molar-refractivity contribution in [1.82, 2.24) is 34.8 Å². The summed E-state index contributed by atoms with van der Waals surface area (Å²) in [6.07, 6.45) is -0.933. The molecule has 3 N–H and O–H groups in total. The number of hydrogen-bond donors (Lipinski definition) is 3. The summed E-state index contributed by atoms with van der Waals surface area (Å²) in [7, 11) is 0. The Morgan fingerprint density at radius 3 is 2.85 bits per heavy atom. The van der Waals surface area contributed by atoms with Crippen LogP contribution in [-0.4, -0.2) is 52.7 Å². The van der Waals surface area contributed by atoms with Gasteiger partial charge in [-0.1, -0.05) is 18.2 Å². The van der Waals surface area contributed by atoms with Gasteiger partial charge in [0, 0.05) is 30.6 Å². The molecule has 5 heterocycles. The smallest absolute Gasteiger partial charge is 0.388 e. The van der Waals surface area contributed by atoms with Crippen molar-refractivity contribution < 1.29 is 27.8 Å². The van der Waals surface area contributed by atoms with E-state index >= 15 is 0 Å². The normalized spacial score (nSPS) is 19.3. The SMILES string of the molecule is C=CNC(=O)[C@@H]1C[C@@H](O)[C@H](n2cnc3c(NCc4cc(C(F)(F)F)ccn4)nc(-c4cncc(Cl)c4)nc32)O1. The highest BCUT2D eigenvalue weighted by Crippen LogP contribution is 2.34. The van der Waals surface area contributed by atoms with Crippen LogP contribution in [0.2, 0.25) is 5.02 Å². The maximum Gasteiger partial charge on any atom is 0.416 e. The van der Waals surface area contributed by atoms with Crippen LogP contribution in [-0.2, 0) is 22.3 Å². The molecule has 1 aliphatic heterocycles. The number of imidazole rings is 1. The van der Waals surface area contributed by atoms with Gasteiger partial charge in [0.1, 0.15) is 12.2 Å². The predicted octanol–water partition coefficient (Wildman–Crippen LogP) is 3.48. The van der Waals surface area contributed by atoms with Crippen LogP contribution < -0.4 is 10.6 Å². The van der Waals surface area contributed by atoms with Crippen molar-refractivity contribution in [3.05, 3.63) is 72.2 Å². The van der Waals surface area contributed by atoms with E-state index in [1.165, 1.54) is 29.5 Å². The van der Waals surface area contributed by atoms with Gasteiger partial charge in [-0.05, 0) is 24.4 Å². The molecule has 11 nitrogen and oxygen atoms in total. The van der Waals surface area contributed by atoms with Gasteiger partial charge in [-0.3, -0.25) is 19.3 Å². The largest absolute Gasteiger partial charge is 0.416 e. The monoisotopic (exact) mass is 560 g/mol. The highest BCUT2D eigenvalue weighted by atomic mass is 35.5. The fraction of sp³-hybridized carbons (Fsp3) is 0.250. The number of rotatable bonds is 7. The van der Waals surface area contributed by atoms with Gasteiger partial charge >= 0.3 is 6.18 Å². The lowest BCUT2D eigenvalue weighted by molar-refractivity contribution is -0.137. The number of hydrogen-bond acceptors (Lipinski definition) is 9. The second kappa shape index (κ2) is 10.6. The van der Waals surface area contributed by atoms with Crippen molar-refractivity contribution in [1.29, 1.82) is 0 Å². The molecule has 15 heteroatoms. The highest BCUT2D eigenvalue weighted by molar-refractivity contribution is 6.30. The van der Waals surface area contributed by atoms with Gasteiger partial charge in [-0.15, -0.1) is 0 Å². The molecule has 3 atom stereocenters. The number of halogens is 4. The Morgan fingerprint density at radius 2 is 2.10 bits per heavy atom. The quantitative estimate of drug-likeness (QED) is 0.310. The Kier molecular flexibility index (Phi) is 7.16. The molecule has 4 aromatic rings. The van der Waals surface area contributed by atoms with Gasteiger partial charge in [0.05, 0.1) is 29.2 Å². The molecule has 4 aromatic heterocycles. The van der Waals surface area contributed by atoms with E-state index in [0.29, 0.717) is 10.6 Å². The second-order valence-electron chi connectivity index (χ2n) is 8.53. The van der Waals surface area contributed by atoms with E-state index in [9.17, 15) is 23.1 Å². The number of amides is 1. The van der Waals surface area contributed by atoms with Crippen LogP contribution in [0, 0.1) is 0 Å². The average Bonchev–Trinajstić information content (AvgIpc) is 3.50. The number of nitrogens with one attached hydrogen (secondary N) is 2. The number of aliphatic hydroxyl groups is 1. The Bertz CT molecular complexity index is 1550. The molecule has 0 bridgehead atoms. The third kappa shape index (κ3) is 5.53. The summed E-state index contributed by atoms with van der Waals surface area (Å²) >= 11 is 6.10. The molecule has 0 saturated carbocycles. The lowest BCUT2D eigenvalue weighted by Crippen LogP contribution is -2.30. The molecule has 0 aliphatic carbocycles. The summed E-state index contributed by atoms with van der Waals surface area (Å²) in [6, 6.07) is 3.40. The lowest BCUT2D eigenvalue weighted by atomic mass is 10.2. The zero-order valence-electron chi connectivity index (χ0n) is 19.9. The van der Waals surface area contributed by atoms with E-state index in [2.05, 4.69) is 42.1 Å². The van der Waals surface area contributed by atoms with E-state index < -0.39 is 36.1 Å². The van der Waals surface area contributed by atoms with Gasteiger partial charge in [-0.2, -0.15) is 13.2 Å². The Balaban J connectivity index is 1.53. The van der Waals surface area contributed by atoms with Crippen LogP contribution >= 0.6 is 11.6 Å². The van der Waals surface area contributed by atoms with Crippen LogP contribution in [0.3, 0.4) is 0 Å². The van der Waals surface area contributed by atoms with Crippen LogP contribution in [0.15, 0.2) is 55.9 Å². The Hall–Kier alpha value is -4.14. The first-order valence-corrected chi connectivity index (χ1v) is 11.9. The number of carbonyl (C=O) groups is 1. The number of aromatic nitrogens is 6. The van der Waals surface area contributed by atoms with E-state index in [-0.39, 0.29) is 41.5 Å². The first-order chi connectivity index (χ1) is 18.6. The number of alkyl halides is 3. The summed E-state index contributed by atoms with van der Waals surface area (Å²) in [4.78, 5) is 33.7. The molecule has 1 saturated heterocycles. The molecule has 0 aromatic carbocycles. The summed E-state index contributed by atoms with van der Waals surface area (Å²) < 4.78 is 46.7. The van der Waals surface area contributed by atoms with Gasteiger partial charge in [0.25, 0.3) is 5.91 Å². The summed E-state index contributed by atoms with van der Waals surface area (Å²) in [5.41, 5.74) is 0.212. The molecule has 0 radical (unpaired) electrons. The van der Waals surface area contributed by atoms with Crippen molar-refractivity contribution >= 4 is 34.5 Å². The molecule has 1 fully saturated rings. The zero-order chi connectivity index (χ0) is 27.7. The van der Waals surface area contributed by atoms with Crippen molar-refractivity contribution in [2.24, 2.45) is 0 Å². The molecular weight excluding hydrogens is 541 g/mol. The number of ether oxygens (including phenoxy) is 1. The number of aliphatic hydroxyl groups excluding tert-OH is 1. The predicted molar refractivity (Wildman–Crippen MR) is 133 cm³/mol. The summed E-state index contributed by atoms with van der Waals surface area (Å²) in [5, 5.41) is 16.4. The van der Waals surface area contributed by atoms with Crippen molar-refractivity contribution in [3.63, 3.8) is 0 Å². The van der Waals surface area contributed by atoms with Gasteiger partial charge in [0.15, 0.2) is 29.0 Å². The molecule has 202 valence electrons. The maximum absolute atomic E-state index is 13.2. The first-order valence-electron chi connectivity index (χ1n) is 11.5. The van der Waals surface area contributed by atoms with E-state index in [4.69, 9.17) is 16.3 Å². The number of fused-ring (bicyclic) bond motifs is 1. The van der Waals surface area contributed by atoms with E-state index in [1.807, 2.05) is 0 Å². The molecule has 1 aliphatic rings. The minimum Gasteiger partial charge on any atom is -0.388 e. The fourth-order valence-electron chi connectivity index (χ4n) is 4.08. The van der Waals surface area contributed by atoms with Crippen LogP contribution in [0.25, 0.3) is 22.6 Å². The molecule has 5 rings (SSSR count). The number of anilines is 1. The topological polar surface area (TPSA) is 140 Å². The third-order valence-corrected chi connectivity index (χ3v) is 6.07. The maximum atomic E-state index is 13.2. The fourth-order valence-corrected chi connectivity index (χ4v) is 4.25. The van der Waals surface area contributed by atoms with E-state index in [1.54, 1.807) is 6.07 Å².